The zero-order chi connectivity index (χ0) is 22.5. The van der Waals surface area contributed by atoms with E-state index in [-0.39, 0.29) is 22.4 Å². The van der Waals surface area contributed by atoms with Gasteiger partial charge in [-0.25, -0.2) is 0 Å². The number of anilines is 1. The molecule has 0 aromatic heterocycles. The van der Waals surface area contributed by atoms with E-state index in [1.165, 1.54) is 12.1 Å². The number of amides is 2. The Morgan fingerprint density at radius 1 is 0.968 bits per heavy atom. The van der Waals surface area contributed by atoms with Crippen LogP contribution in [0.2, 0.25) is 15.1 Å². The summed E-state index contributed by atoms with van der Waals surface area (Å²) in [7, 11) is 0. The topological polar surface area (TPSA) is 75.3 Å². The minimum absolute atomic E-state index is 0.100. The van der Waals surface area contributed by atoms with Crippen molar-refractivity contribution < 1.29 is 14.4 Å². The van der Waals surface area contributed by atoms with Crippen LogP contribution in [-0.2, 0) is 9.59 Å². The van der Waals surface area contributed by atoms with Crippen molar-refractivity contribution in [2.75, 3.05) is 5.32 Å². The molecule has 0 saturated heterocycles. The summed E-state index contributed by atoms with van der Waals surface area (Å²) in [6, 6.07) is 9.26. The van der Waals surface area contributed by atoms with Crippen LogP contribution in [0.3, 0.4) is 0 Å². The molecule has 4 rings (SSSR count). The highest BCUT2D eigenvalue weighted by Gasteiger charge is 2.67. The van der Waals surface area contributed by atoms with E-state index in [0.29, 0.717) is 34.1 Å². The van der Waals surface area contributed by atoms with Crippen LogP contribution in [0.4, 0.5) is 5.69 Å². The average Bonchev–Trinajstić information content (AvgIpc) is 3.23. The zero-order valence-electron chi connectivity index (χ0n) is 15.7. The van der Waals surface area contributed by atoms with Gasteiger partial charge in [0, 0.05) is 40.5 Å². The number of carbonyl (C=O) groups is 3. The van der Waals surface area contributed by atoms with Crippen molar-refractivity contribution in [2.45, 2.75) is 29.1 Å². The molecule has 2 aromatic carbocycles. The average molecular weight is 521 g/mol. The molecular weight excluding hydrogens is 506 g/mol. The van der Waals surface area contributed by atoms with Gasteiger partial charge in [0.25, 0.3) is 5.91 Å². The molecule has 2 saturated carbocycles. The highest BCUT2D eigenvalue weighted by Crippen LogP contribution is 2.65. The van der Waals surface area contributed by atoms with Gasteiger partial charge in [-0.05, 0) is 42.0 Å². The lowest BCUT2D eigenvalue weighted by Crippen LogP contribution is -2.44. The molecule has 0 unspecified atom stereocenters. The number of halogens is 5. The van der Waals surface area contributed by atoms with Crippen LogP contribution >= 0.6 is 58.0 Å². The lowest BCUT2D eigenvalue weighted by Gasteiger charge is -2.25. The van der Waals surface area contributed by atoms with E-state index < -0.39 is 28.0 Å². The maximum Gasteiger partial charge on any atom is 0.253 e. The van der Waals surface area contributed by atoms with Crippen LogP contribution in [0.5, 0.6) is 0 Å². The predicted octanol–water partition coefficient (Wildman–Crippen LogP) is 5.63. The van der Waals surface area contributed by atoms with Gasteiger partial charge in [-0.2, -0.15) is 0 Å². The Kier molecular flexibility index (Phi) is 6.18. The second-order valence-electron chi connectivity index (χ2n) is 7.63. The van der Waals surface area contributed by atoms with E-state index >= 15 is 0 Å². The summed E-state index contributed by atoms with van der Waals surface area (Å²) in [6.45, 7) is 0. The molecule has 0 heterocycles. The fourth-order valence-corrected chi connectivity index (χ4v) is 5.25. The fraction of sp³-hybridized carbons (Fsp3) is 0.286. The summed E-state index contributed by atoms with van der Waals surface area (Å²) >= 11 is 31.0. The van der Waals surface area contributed by atoms with Crippen molar-refractivity contribution in [1.82, 2.24) is 5.32 Å². The Morgan fingerprint density at radius 3 is 2.23 bits per heavy atom. The van der Waals surface area contributed by atoms with E-state index in [0.717, 1.165) is 0 Å². The standard InChI is InChI=1S/C21H15Cl5N2O3/c22-10-3-9(4-11(23)5-10)17-18(21(17,25)26)20(31)27-12-1-2-16(24)15(8-12)19(30)28-13-6-14(29)7-13/h1-5,8,13,17-18H,6-7H2,(H,27,31)(H,28,30)/t17-,18+/m0/s1. The minimum atomic E-state index is -1.32. The number of benzene rings is 2. The number of Topliss-reactive ketones (excluding diaryl/α,β-unsaturated/α-hetero) is 1. The van der Waals surface area contributed by atoms with E-state index in [4.69, 9.17) is 58.0 Å². The molecule has 0 radical (unpaired) electrons. The van der Waals surface area contributed by atoms with Crippen molar-refractivity contribution >= 4 is 81.3 Å². The third-order valence-electron chi connectivity index (χ3n) is 5.34. The van der Waals surface area contributed by atoms with Crippen molar-refractivity contribution in [2.24, 2.45) is 5.92 Å². The Hall–Kier alpha value is -1.50. The molecule has 31 heavy (non-hydrogen) atoms. The minimum Gasteiger partial charge on any atom is -0.348 e. The second-order valence-corrected chi connectivity index (χ2v) is 10.4. The van der Waals surface area contributed by atoms with Crippen molar-refractivity contribution in [3.8, 4) is 0 Å². The van der Waals surface area contributed by atoms with Gasteiger partial charge in [0.15, 0.2) is 0 Å². The smallest absolute Gasteiger partial charge is 0.253 e. The lowest BCUT2D eigenvalue weighted by atomic mass is 9.91. The third-order valence-corrected chi connectivity index (χ3v) is 7.05. The Morgan fingerprint density at radius 2 is 1.61 bits per heavy atom. The maximum absolute atomic E-state index is 12.9. The van der Waals surface area contributed by atoms with Gasteiger partial charge in [-0.3, -0.25) is 14.4 Å². The van der Waals surface area contributed by atoms with E-state index in [9.17, 15) is 14.4 Å². The molecule has 0 bridgehead atoms. The summed E-state index contributed by atoms with van der Waals surface area (Å²) in [5.74, 6) is -1.95. The third kappa shape index (κ3) is 4.67. The number of carbonyl (C=O) groups excluding carboxylic acids is 3. The van der Waals surface area contributed by atoms with Crippen molar-refractivity contribution in [1.29, 1.82) is 0 Å². The molecule has 2 atom stereocenters. The first-order valence-electron chi connectivity index (χ1n) is 9.33. The highest BCUT2D eigenvalue weighted by molar-refractivity contribution is 6.53. The molecule has 162 valence electrons. The van der Waals surface area contributed by atoms with E-state index in [1.807, 2.05) is 0 Å². The summed E-state index contributed by atoms with van der Waals surface area (Å²) in [6.07, 6.45) is 0.619. The monoisotopic (exact) mass is 518 g/mol. The van der Waals surface area contributed by atoms with Crippen LogP contribution < -0.4 is 10.6 Å². The summed E-state index contributed by atoms with van der Waals surface area (Å²) in [5.41, 5.74) is 1.22. The summed E-state index contributed by atoms with van der Waals surface area (Å²) in [4.78, 5) is 36.4. The van der Waals surface area contributed by atoms with Crippen LogP contribution in [0.1, 0.15) is 34.7 Å². The molecule has 5 nitrogen and oxygen atoms in total. The first-order valence-corrected chi connectivity index (χ1v) is 11.2. The summed E-state index contributed by atoms with van der Waals surface area (Å²) < 4.78 is -1.32. The van der Waals surface area contributed by atoms with Crippen LogP contribution in [0, 0.1) is 5.92 Å². The first kappa shape index (κ1) is 22.7. The fourth-order valence-electron chi connectivity index (χ4n) is 3.67. The lowest BCUT2D eigenvalue weighted by molar-refractivity contribution is -0.125. The van der Waals surface area contributed by atoms with Gasteiger partial charge in [0.1, 0.15) is 10.1 Å². The number of nitrogens with one attached hydrogen (secondary N) is 2. The SMILES string of the molecule is O=C1CC(NC(=O)c2cc(NC(=O)[C@H]3[C@H](c4cc(Cl)cc(Cl)c4)C3(Cl)Cl)ccc2Cl)C1. The quantitative estimate of drug-likeness (QED) is 0.502. The Balaban J connectivity index is 1.48. The Labute approximate surface area is 203 Å². The zero-order valence-corrected chi connectivity index (χ0v) is 19.5. The molecule has 10 heteroatoms. The van der Waals surface area contributed by atoms with Gasteiger partial charge >= 0.3 is 0 Å². The molecule has 2 aromatic rings. The molecule has 2 aliphatic rings. The molecule has 2 N–H and O–H groups in total. The molecule has 0 aliphatic heterocycles. The molecule has 0 spiro atoms. The second kappa shape index (κ2) is 8.45. The number of hydrogen-bond donors (Lipinski definition) is 2. The maximum atomic E-state index is 12.9. The number of alkyl halides is 2. The highest BCUT2D eigenvalue weighted by atomic mass is 35.5. The number of ketones is 1. The predicted molar refractivity (Wildman–Crippen MR) is 123 cm³/mol. The van der Waals surface area contributed by atoms with Crippen molar-refractivity contribution in [3.05, 3.63) is 62.6 Å². The molecule has 2 amide bonds. The molecule has 2 aliphatic carbocycles. The van der Waals surface area contributed by atoms with Crippen LogP contribution in [0.15, 0.2) is 36.4 Å². The van der Waals surface area contributed by atoms with Gasteiger partial charge in [0.2, 0.25) is 5.91 Å². The molecular formula is C21H15Cl5N2O3. The van der Waals surface area contributed by atoms with Gasteiger partial charge in [0.05, 0.1) is 16.5 Å². The normalized spacial score (nSPS) is 21.9. The van der Waals surface area contributed by atoms with E-state index in [1.54, 1.807) is 24.3 Å². The number of hydrogen-bond acceptors (Lipinski definition) is 3. The number of rotatable bonds is 5. The van der Waals surface area contributed by atoms with Crippen molar-refractivity contribution in [3.63, 3.8) is 0 Å². The molecule has 2 fully saturated rings. The Bertz CT molecular complexity index is 1080. The largest absolute Gasteiger partial charge is 0.348 e. The summed E-state index contributed by atoms with van der Waals surface area (Å²) in [5, 5.41) is 6.54. The van der Waals surface area contributed by atoms with Crippen LogP contribution in [0.25, 0.3) is 0 Å². The van der Waals surface area contributed by atoms with Gasteiger partial charge < -0.3 is 10.6 Å². The van der Waals surface area contributed by atoms with Crippen LogP contribution in [-0.4, -0.2) is 28.0 Å². The van der Waals surface area contributed by atoms with Gasteiger partial charge in [-0.15, -0.1) is 23.2 Å². The van der Waals surface area contributed by atoms with Gasteiger partial charge in [-0.1, -0.05) is 34.8 Å². The van der Waals surface area contributed by atoms with E-state index in [2.05, 4.69) is 10.6 Å². The first-order chi connectivity index (χ1) is 14.6.